The maximum Gasteiger partial charge on any atom is 0.275 e. The summed E-state index contributed by atoms with van der Waals surface area (Å²) in [5, 5.41) is 8.71. The van der Waals surface area contributed by atoms with Crippen LogP contribution >= 0.6 is 0 Å². The Bertz CT molecular complexity index is 1010. The van der Waals surface area contributed by atoms with E-state index in [2.05, 4.69) is 10.4 Å². The lowest BCUT2D eigenvalue weighted by Gasteiger charge is -2.34. The predicted molar refractivity (Wildman–Crippen MR) is 101 cm³/mol. The molecule has 4 rings (SSSR count). The maximum absolute atomic E-state index is 12.8. The van der Waals surface area contributed by atoms with E-state index in [0.29, 0.717) is 11.1 Å². The molecular weight excluding hydrogens is 328 g/mol. The summed E-state index contributed by atoms with van der Waals surface area (Å²) in [4.78, 5) is 25.1. The minimum absolute atomic E-state index is 0.000106. The number of carbonyl (C=O) groups excluding carboxylic acids is 1. The number of amides is 1. The third-order valence-electron chi connectivity index (χ3n) is 4.88. The van der Waals surface area contributed by atoms with Crippen molar-refractivity contribution in [3.63, 3.8) is 0 Å². The first-order valence-electron chi connectivity index (χ1n) is 8.74. The monoisotopic (exact) mass is 348 g/mol. The molecule has 1 aliphatic rings. The maximum atomic E-state index is 12.8. The van der Waals surface area contributed by atoms with Crippen LogP contribution in [0.15, 0.2) is 59.4 Å². The van der Waals surface area contributed by atoms with Crippen molar-refractivity contribution in [1.82, 2.24) is 15.1 Å². The average Bonchev–Trinajstić information content (AvgIpc) is 2.68. The first kappa shape index (κ1) is 16.5. The topological polar surface area (TPSA) is 90.0 Å². The van der Waals surface area contributed by atoms with Gasteiger partial charge in [0.25, 0.3) is 5.56 Å². The molecule has 6 heteroatoms. The number of carbonyl (C=O) groups is 1. The van der Waals surface area contributed by atoms with Crippen LogP contribution in [0.4, 0.5) is 0 Å². The normalized spacial score (nSPS) is 19.1. The van der Waals surface area contributed by atoms with Crippen molar-refractivity contribution in [2.24, 2.45) is 5.73 Å². The lowest BCUT2D eigenvalue weighted by atomic mass is 9.87. The second-order valence-corrected chi connectivity index (χ2v) is 6.64. The summed E-state index contributed by atoms with van der Waals surface area (Å²) < 4.78 is 1.24. The van der Waals surface area contributed by atoms with E-state index in [9.17, 15) is 9.59 Å². The Balaban J connectivity index is 1.74. The molecule has 1 aliphatic carbocycles. The zero-order valence-electron chi connectivity index (χ0n) is 14.3. The third-order valence-corrected chi connectivity index (χ3v) is 4.88. The van der Waals surface area contributed by atoms with Gasteiger partial charge >= 0.3 is 0 Å². The van der Waals surface area contributed by atoms with Gasteiger partial charge in [-0.2, -0.15) is 5.10 Å². The van der Waals surface area contributed by atoms with E-state index in [1.54, 1.807) is 6.07 Å². The van der Waals surface area contributed by atoms with Crippen molar-refractivity contribution in [2.45, 2.75) is 31.5 Å². The summed E-state index contributed by atoms with van der Waals surface area (Å²) in [6.45, 7) is -0.118. The highest BCUT2D eigenvalue weighted by Gasteiger charge is 2.28. The summed E-state index contributed by atoms with van der Waals surface area (Å²) in [6.07, 6.45) is 1.79. The molecule has 0 unspecified atom stereocenters. The van der Waals surface area contributed by atoms with Crippen LogP contribution in [0, 0.1) is 0 Å². The fourth-order valence-electron chi connectivity index (χ4n) is 3.24. The highest BCUT2D eigenvalue weighted by molar-refractivity contribution is 5.93. The highest BCUT2D eigenvalue weighted by Crippen LogP contribution is 2.24. The van der Waals surface area contributed by atoms with Crippen LogP contribution < -0.4 is 16.6 Å². The summed E-state index contributed by atoms with van der Waals surface area (Å²) in [5.41, 5.74) is 7.19. The van der Waals surface area contributed by atoms with Gasteiger partial charge in [0.05, 0.1) is 11.1 Å². The van der Waals surface area contributed by atoms with E-state index in [-0.39, 0.29) is 30.1 Å². The van der Waals surface area contributed by atoms with Gasteiger partial charge in [-0.15, -0.1) is 0 Å². The molecule has 6 nitrogen and oxygen atoms in total. The second-order valence-electron chi connectivity index (χ2n) is 6.64. The Morgan fingerprint density at radius 3 is 2.42 bits per heavy atom. The van der Waals surface area contributed by atoms with Crippen molar-refractivity contribution in [2.75, 3.05) is 0 Å². The van der Waals surface area contributed by atoms with Gasteiger partial charge in [0, 0.05) is 23.0 Å². The fourth-order valence-corrected chi connectivity index (χ4v) is 3.24. The zero-order chi connectivity index (χ0) is 18.1. The lowest BCUT2D eigenvalue weighted by Crippen LogP contribution is -2.55. The molecule has 2 atom stereocenters. The number of aromatic nitrogens is 2. The molecule has 1 amide bonds. The van der Waals surface area contributed by atoms with Gasteiger partial charge in [-0.3, -0.25) is 9.59 Å². The van der Waals surface area contributed by atoms with Crippen LogP contribution in [0.1, 0.15) is 12.8 Å². The van der Waals surface area contributed by atoms with E-state index >= 15 is 0 Å². The van der Waals surface area contributed by atoms with Gasteiger partial charge < -0.3 is 11.1 Å². The summed E-state index contributed by atoms with van der Waals surface area (Å²) >= 11 is 0. The molecule has 3 aromatic rings. The molecule has 0 spiro atoms. The standard InChI is InChI=1S/C20H20N4O2/c21-16-10-11-17(16)22-18(25)12-24-20(26)15-9-5-4-8-14(15)19(23-24)13-6-2-1-3-7-13/h1-9,16-17H,10-12,21H2,(H,22,25)/t16-,17+/m1/s1. The number of nitrogens with one attached hydrogen (secondary N) is 1. The smallest absolute Gasteiger partial charge is 0.275 e. The first-order valence-corrected chi connectivity index (χ1v) is 8.74. The fraction of sp³-hybridized carbons (Fsp3) is 0.250. The Hall–Kier alpha value is -2.99. The number of fused-ring (bicyclic) bond motifs is 1. The van der Waals surface area contributed by atoms with Crippen molar-refractivity contribution in [3.05, 3.63) is 65.0 Å². The van der Waals surface area contributed by atoms with E-state index in [4.69, 9.17) is 5.73 Å². The van der Waals surface area contributed by atoms with Crippen molar-refractivity contribution in [3.8, 4) is 11.3 Å². The van der Waals surface area contributed by atoms with Crippen LogP contribution in [-0.2, 0) is 11.3 Å². The molecule has 0 aliphatic heterocycles. The SMILES string of the molecule is N[C@@H]1CC[C@@H]1NC(=O)Cn1nc(-c2ccccc2)c2ccccc2c1=O. The summed E-state index contributed by atoms with van der Waals surface area (Å²) in [6, 6.07) is 17.0. The summed E-state index contributed by atoms with van der Waals surface area (Å²) in [5.74, 6) is -0.242. The molecule has 26 heavy (non-hydrogen) atoms. The molecule has 1 saturated carbocycles. The average molecular weight is 348 g/mol. The van der Waals surface area contributed by atoms with Crippen LogP contribution in [0.5, 0.6) is 0 Å². The minimum atomic E-state index is -0.270. The molecular formula is C20H20N4O2. The number of hydrogen-bond donors (Lipinski definition) is 2. The molecule has 132 valence electrons. The quantitative estimate of drug-likeness (QED) is 0.750. The number of nitrogens with two attached hydrogens (primary N) is 1. The number of rotatable bonds is 4. The Kier molecular flexibility index (Phi) is 4.26. The van der Waals surface area contributed by atoms with Crippen molar-refractivity contribution in [1.29, 1.82) is 0 Å². The molecule has 0 saturated heterocycles. The van der Waals surface area contributed by atoms with Crippen LogP contribution in [0.2, 0.25) is 0 Å². The molecule has 1 aromatic heterocycles. The molecule has 0 bridgehead atoms. The van der Waals surface area contributed by atoms with Gasteiger partial charge in [0.1, 0.15) is 6.54 Å². The van der Waals surface area contributed by atoms with Gasteiger partial charge in [-0.1, -0.05) is 48.5 Å². The number of benzene rings is 2. The largest absolute Gasteiger partial charge is 0.350 e. The first-order chi connectivity index (χ1) is 12.6. The third kappa shape index (κ3) is 2.99. The summed E-state index contributed by atoms with van der Waals surface area (Å²) in [7, 11) is 0. The van der Waals surface area contributed by atoms with Gasteiger partial charge in [0.2, 0.25) is 5.91 Å². The molecule has 1 fully saturated rings. The highest BCUT2D eigenvalue weighted by atomic mass is 16.2. The molecule has 3 N–H and O–H groups in total. The van der Waals surface area contributed by atoms with E-state index in [1.165, 1.54) is 4.68 Å². The van der Waals surface area contributed by atoms with Gasteiger partial charge in [0.15, 0.2) is 0 Å². The second kappa shape index (κ2) is 6.72. The number of hydrogen-bond acceptors (Lipinski definition) is 4. The zero-order valence-corrected chi connectivity index (χ0v) is 14.3. The lowest BCUT2D eigenvalue weighted by molar-refractivity contribution is -0.123. The van der Waals surface area contributed by atoms with Gasteiger partial charge in [-0.25, -0.2) is 4.68 Å². The van der Waals surface area contributed by atoms with E-state index in [1.807, 2.05) is 48.5 Å². The van der Waals surface area contributed by atoms with Crippen molar-refractivity contribution < 1.29 is 4.79 Å². The Morgan fingerprint density at radius 2 is 1.77 bits per heavy atom. The number of nitrogens with zero attached hydrogens (tertiary/aromatic N) is 2. The van der Waals surface area contributed by atoms with Crippen LogP contribution in [0.3, 0.4) is 0 Å². The van der Waals surface area contributed by atoms with Crippen LogP contribution in [0.25, 0.3) is 22.0 Å². The van der Waals surface area contributed by atoms with Crippen molar-refractivity contribution >= 4 is 16.7 Å². The predicted octanol–water partition coefficient (Wildman–Crippen LogP) is 1.67. The Morgan fingerprint density at radius 1 is 1.08 bits per heavy atom. The van der Waals surface area contributed by atoms with E-state index < -0.39 is 0 Å². The van der Waals surface area contributed by atoms with E-state index in [0.717, 1.165) is 23.8 Å². The molecule has 2 aromatic carbocycles. The molecule has 1 heterocycles. The minimum Gasteiger partial charge on any atom is -0.350 e. The van der Waals surface area contributed by atoms with Gasteiger partial charge in [-0.05, 0) is 18.9 Å². The Labute approximate surface area is 150 Å². The van der Waals surface area contributed by atoms with Crippen LogP contribution in [-0.4, -0.2) is 27.8 Å². The molecule has 0 radical (unpaired) electrons.